The molecule has 4 nitrogen and oxygen atoms in total. The van der Waals surface area contributed by atoms with Crippen molar-refractivity contribution >= 4 is 0 Å². The maximum absolute atomic E-state index is 6.11. The minimum absolute atomic E-state index is 0.483. The molecule has 1 aromatic heterocycles. The zero-order chi connectivity index (χ0) is 16.4. The molecular formula is C20H24N2O2. The Morgan fingerprint density at radius 2 is 2.04 bits per heavy atom. The molecule has 2 aliphatic rings. The van der Waals surface area contributed by atoms with E-state index in [-0.39, 0.29) is 0 Å². The Morgan fingerprint density at radius 3 is 2.88 bits per heavy atom. The number of methoxy groups -OCH3 is 1. The Labute approximate surface area is 143 Å². The second-order valence-electron chi connectivity index (χ2n) is 6.78. The molecule has 2 unspecified atom stereocenters. The number of piperidine rings is 1. The highest BCUT2D eigenvalue weighted by atomic mass is 16.5. The van der Waals surface area contributed by atoms with Gasteiger partial charge >= 0.3 is 0 Å². The third-order valence-corrected chi connectivity index (χ3v) is 5.42. The topological polar surface area (TPSA) is 34.6 Å². The van der Waals surface area contributed by atoms with Crippen molar-refractivity contribution in [3.8, 4) is 11.5 Å². The van der Waals surface area contributed by atoms with E-state index in [0.717, 1.165) is 36.3 Å². The van der Waals surface area contributed by atoms with Gasteiger partial charge in [-0.25, -0.2) is 0 Å². The monoisotopic (exact) mass is 324 g/mol. The third-order valence-electron chi connectivity index (χ3n) is 5.42. The predicted octanol–water partition coefficient (Wildman–Crippen LogP) is 3.52. The van der Waals surface area contributed by atoms with E-state index in [4.69, 9.17) is 9.47 Å². The summed E-state index contributed by atoms with van der Waals surface area (Å²) in [4.78, 5) is 7.11. The largest absolute Gasteiger partial charge is 0.497 e. The molecule has 4 heteroatoms. The maximum Gasteiger partial charge on any atom is 0.123 e. The molecule has 2 bridgehead atoms. The van der Waals surface area contributed by atoms with Crippen LogP contribution in [-0.2, 0) is 6.54 Å². The number of ether oxygens (including phenoxy) is 2. The molecule has 1 aliphatic carbocycles. The van der Waals surface area contributed by atoms with Crippen molar-refractivity contribution in [3.05, 3.63) is 54.4 Å². The second kappa shape index (κ2) is 6.81. The highest BCUT2D eigenvalue weighted by Crippen LogP contribution is 2.43. The molecule has 3 atom stereocenters. The molecule has 24 heavy (non-hydrogen) atoms. The lowest BCUT2D eigenvalue weighted by molar-refractivity contribution is 0.0855. The van der Waals surface area contributed by atoms with E-state index in [1.54, 1.807) is 7.11 Å². The number of benzene rings is 1. The van der Waals surface area contributed by atoms with Crippen molar-refractivity contribution in [2.75, 3.05) is 13.7 Å². The summed E-state index contributed by atoms with van der Waals surface area (Å²) in [6.45, 7) is 1.66. The predicted molar refractivity (Wildman–Crippen MR) is 93.2 cm³/mol. The lowest BCUT2D eigenvalue weighted by Crippen LogP contribution is -2.43. The van der Waals surface area contributed by atoms with Gasteiger partial charge in [-0.15, -0.1) is 0 Å². The summed E-state index contributed by atoms with van der Waals surface area (Å²) in [5, 5.41) is 0. The van der Waals surface area contributed by atoms with Gasteiger partial charge in [0.1, 0.15) is 18.1 Å². The molecule has 0 amide bonds. The molecule has 1 saturated heterocycles. The average molecular weight is 324 g/mol. The van der Waals surface area contributed by atoms with Crippen molar-refractivity contribution in [1.29, 1.82) is 0 Å². The van der Waals surface area contributed by atoms with Crippen LogP contribution in [0.15, 0.2) is 48.7 Å². The molecule has 2 fully saturated rings. The van der Waals surface area contributed by atoms with E-state index in [1.807, 2.05) is 36.5 Å². The van der Waals surface area contributed by atoms with Crippen LogP contribution in [0.3, 0.4) is 0 Å². The summed E-state index contributed by atoms with van der Waals surface area (Å²) in [6, 6.07) is 15.2. The van der Waals surface area contributed by atoms with E-state index in [1.165, 1.54) is 19.3 Å². The van der Waals surface area contributed by atoms with Crippen LogP contribution in [0.2, 0.25) is 0 Å². The van der Waals surface area contributed by atoms with Crippen LogP contribution in [0, 0.1) is 5.92 Å². The zero-order valence-electron chi connectivity index (χ0n) is 14.1. The Bertz CT molecular complexity index is 676. The third kappa shape index (κ3) is 3.11. The fraction of sp³-hybridized carbons (Fsp3) is 0.450. The van der Waals surface area contributed by atoms with Crippen LogP contribution in [0.4, 0.5) is 0 Å². The highest BCUT2D eigenvalue weighted by Gasteiger charge is 2.45. The van der Waals surface area contributed by atoms with E-state index in [0.29, 0.717) is 12.1 Å². The molecule has 126 valence electrons. The molecule has 1 aliphatic heterocycles. The Kier molecular flexibility index (Phi) is 4.39. The average Bonchev–Trinajstić information content (AvgIpc) is 3.23. The standard InChI is InChI=1S/C20H24N2O2/c1-23-18-6-4-7-19(12-18)24-14-20-15-8-9-17(11-15)22(20)13-16-5-2-3-10-21-16/h2-7,10,12,15,17,20H,8-9,11,13-14H2,1H3/t15?,17?,20-/m1/s1. The van der Waals surface area contributed by atoms with Gasteiger partial charge in [0, 0.05) is 30.9 Å². The van der Waals surface area contributed by atoms with Crippen molar-refractivity contribution in [2.45, 2.75) is 37.9 Å². The number of rotatable bonds is 6. The first kappa shape index (κ1) is 15.5. The molecule has 0 radical (unpaired) electrons. The highest BCUT2D eigenvalue weighted by molar-refractivity contribution is 5.32. The van der Waals surface area contributed by atoms with E-state index < -0.39 is 0 Å². The SMILES string of the molecule is COc1cccc(OC[C@@H]2C3CCC(C3)N2Cc2ccccn2)c1. The molecule has 2 aromatic rings. The van der Waals surface area contributed by atoms with Gasteiger partial charge < -0.3 is 9.47 Å². The van der Waals surface area contributed by atoms with Gasteiger partial charge in [0.05, 0.1) is 12.8 Å². The van der Waals surface area contributed by atoms with Crippen LogP contribution >= 0.6 is 0 Å². The summed E-state index contributed by atoms with van der Waals surface area (Å²) >= 11 is 0. The van der Waals surface area contributed by atoms with E-state index in [2.05, 4.69) is 22.0 Å². The number of hydrogen-bond acceptors (Lipinski definition) is 4. The van der Waals surface area contributed by atoms with Gasteiger partial charge in [-0.1, -0.05) is 12.1 Å². The summed E-state index contributed by atoms with van der Waals surface area (Å²) in [6.07, 6.45) is 5.83. The lowest BCUT2D eigenvalue weighted by atomic mass is 9.99. The molecule has 4 rings (SSSR count). The normalized spacial score (nSPS) is 25.8. The van der Waals surface area contributed by atoms with Gasteiger partial charge in [0.25, 0.3) is 0 Å². The smallest absolute Gasteiger partial charge is 0.123 e. The van der Waals surface area contributed by atoms with Gasteiger partial charge in [-0.3, -0.25) is 9.88 Å². The molecule has 2 heterocycles. The van der Waals surface area contributed by atoms with Gasteiger partial charge in [-0.2, -0.15) is 0 Å². The summed E-state index contributed by atoms with van der Waals surface area (Å²) in [5.41, 5.74) is 1.15. The lowest BCUT2D eigenvalue weighted by Gasteiger charge is -2.34. The maximum atomic E-state index is 6.11. The Balaban J connectivity index is 1.44. The van der Waals surface area contributed by atoms with Crippen molar-refractivity contribution in [1.82, 2.24) is 9.88 Å². The number of aromatic nitrogens is 1. The van der Waals surface area contributed by atoms with Crippen molar-refractivity contribution in [2.24, 2.45) is 5.92 Å². The number of hydrogen-bond donors (Lipinski definition) is 0. The first-order valence-electron chi connectivity index (χ1n) is 8.76. The van der Waals surface area contributed by atoms with Gasteiger partial charge in [0.15, 0.2) is 0 Å². The minimum Gasteiger partial charge on any atom is -0.497 e. The Morgan fingerprint density at radius 1 is 1.12 bits per heavy atom. The number of pyridine rings is 1. The van der Waals surface area contributed by atoms with Crippen LogP contribution in [0.1, 0.15) is 25.0 Å². The van der Waals surface area contributed by atoms with Crippen molar-refractivity contribution in [3.63, 3.8) is 0 Å². The van der Waals surface area contributed by atoms with Gasteiger partial charge in [0.2, 0.25) is 0 Å². The fourth-order valence-corrected chi connectivity index (χ4v) is 4.21. The fourth-order valence-electron chi connectivity index (χ4n) is 4.21. The number of nitrogens with zero attached hydrogens (tertiary/aromatic N) is 2. The van der Waals surface area contributed by atoms with E-state index >= 15 is 0 Å². The molecular weight excluding hydrogens is 300 g/mol. The van der Waals surface area contributed by atoms with Crippen LogP contribution < -0.4 is 9.47 Å². The van der Waals surface area contributed by atoms with E-state index in [9.17, 15) is 0 Å². The van der Waals surface area contributed by atoms with Crippen LogP contribution in [-0.4, -0.2) is 35.7 Å². The molecule has 0 spiro atoms. The first-order chi connectivity index (χ1) is 11.8. The number of likely N-dealkylation sites (tertiary alicyclic amines) is 1. The first-order valence-corrected chi connectivity index (χ1v) is 8.76. The molecule has 1 saturated carbocycles. The Hall–Kier alpha value is -2.07. The zero-order valence-corrected chi connectivity index (χ0v) is 14.1. The molecule has 1 aromatic carbocycles. The summed E-state index contributed by atoms with van der Waals surface area (Å²) in [5.74, 6) is 2.48. The quantitative estimate of drug-likeness (QED) is 0.814. The van der Waals surface area contributed by atoms with Crippen molar-refractivity contribution < 1.29 is 9.47 Å². The minimum atomic E-state index is 0.483. The number of fused-ring (bicyclic) bond motifs is 2. The van der Waals surface area contributed by atoms with Crippen LogP contribution in [0.25, 0.3) is 0 Å². The summed E-state index contributed by atoms with van der Waals surface area (Å²) in [7, 11) is 1.68. The molecule has 0 N–H and O–H groups in total. The summed E-state index contributed by atoms with van der Waals surface area (Å²) < 4.78 is 11.4. The second-order valence-corrected chi connectivity index (χ2v) is 6.78. The van der Waals surface area contributed by atoms with Gasteiger partial charge in [-0.05, 0) is 49.4 Å². The van der Waals surface area contributed by atoms with Crippen LogP contribution in [0.5, 0.6) is 11.5 Å².